The van der Waals surface area contributed by atoms with Gasteiger partial charge in [-0.15, -0.1) is 0 Å². The highest BCUT2D eigenvalue weighted by Gasteiger charge is 2.09. The topological polar surface area (TPSA) is 83.6 Å². The smallest absolute Gasteiger partial charge is 0.231 e. The van der Waals surface area contributed by atoms with Crippen molar-refractivity contribution in [3.05, 3.63) is 54.3 Å². The average molecular weight is 426 g/mol. The van der Waals surface area contributed by atoms with Gasteiger partial charge >= 0.3 is 0 Å². The summed E-state index contributed by atoms with van der Waals surface area (Å²) in [5, 5.41) is 9.60. The van der Waals surface area contributed by atoms with Crippen LogP contribution in [0.1, 0.15) is 0 Å². The van der Waals surface area contributed by atoms with Gasteiger partial charge < -0.3 is 30.3 Å². The van der Waals surface area contributed by atoms with Gasteiger partial charge in [0, 0.05) is 36.6 Å². The Kier molecular flexibility index (Phi) is 7.45. The van der Waals surface area contributed by atoms with Crippen LogP contribution in [0, 0.1) is 5.82 Å². The van der Waals surface area contributed by atoms with Crippen molar-refractivity contribution >= 4 is 29.0 Å². The maximum Gasteiger partial charge on any atom is 0.231 e. The Balaban J connectivity index is 1.83. The maximum atomic E-state index is 14.1. The molecule has 0 bridgehead atoms. The van der Waals surface area contributed by atoms with E-state index in [0.29, 0.717) is 29.8 Å². The Morgan fingerprint density at radius 2 is 1.58 bits per heavy atom. The molecule has 0 aliphatic heterocycles. The summed E-state index contributed by atoms with van der Waals surface area (Å²) in [7, 11) is 7.06. The number of rotatable bonds is 10. The lowest BCUT2D eigenvalue weighted by Gasteiger charge is -2.14. The van der Waals surface area contributed by atoms with E-state index < -0.39 is 5.82 Å². The zero-order chi connectivity index (χ0) is 22.2. The fraction of sp³-hybridized carbons (Fsp3) is 0.273. The molecule has 0 fully saturated rings. The SMILES string of the molecule is COc1ccc(Nc2nc(NCCN(C)C)cc(Nc3ccc(OC)c(F)c3)n2)cc1. The van der Waals surface area contributed by atoms with E-state index in [9.17, 15) is 4.39 Å². The number of likely N-dealkylation sites (N-methyl/N-ethyl adjacent to an activating group) is 1. The van der Waals surface area contributed by atoms with Gasteiger partial charge in [0.2, 0.25) is 5.95 Å². The largest absolute Gasteiger partial charge is 0.497 e. The molecule has 1 heterocycles. The first-order chi connectivity index (χ1) is 15.0. The summed E-state index contributed by atoms with van der Waals surface area (Å²) in [6.07, 6.45) is 0. The Hall–Kier alpha value is -3.59. The van der Waals surface area contributed by atoms with Crippen LogP contribution in [0.25, 0.3) is 0 Å². The molecule has 164 valence electrons. The fourth-order valence-corrected chi connectivity index (χ4v) is 2.76. The van der Waals surface area contributed by atoms with Crippen molar-refractivity contribution in [3.8, 4) is 11.5 Å². The number of nitrogens with one attached hydrogen (secondary N) is 3. The van der Waals surface area contributed by atoms with E-state index in [1.807, 2.05) is 38.4 Å². The number of hydrogen-bond donors (Lipinski definition) is 3. The first-order valence-corrected chi connectivity index (χ1v) is 9.76. The van der Waals surface area contributed by atoms with Crippen LogP contribution in [0.3, 0.4) is 0 Å². The normalized spacial score (nSPS) is 10.6. The van der Waals surface area contributed by atoms with Crippen LogP contribution in [0.2, 0.25) is 0 Å². The Bertz CT molecular complexity index is 998. The van der Waals surface area contributed by atoms with E-state index in [1.165, 1.54) is 13.2 Å². The third kappa shape index (κ3) is 6.45. The van der Waals surface area contributed by atoms with Gasteiger partial charge in [0.25, 0.3) is 0 Å². The monoisotopic (exact) mass is 426 g/mol. The third-order valence-electron chi connectivity index (χ3n) is 4.36. The van der Waals surface area contributed by atoms with Gasteiger partial charge in [0.1, 0.15) is 17.4 Å². The second-order valence-corrected chi connectivity index (χ2v) is 7.02. The van der Waals surface area contributed by atoms with E-state index >= 15 is 0 Å². The first-order valence-electron chi connectivity index (χ1n) is 9.76. The summed E-state index contributed by atoms with van der Waals surface area (Å²) in [6.45, 7) is 1.56. The van der Waals surface area contributed by atoms with Crippen molar-refractivity contribution in [2.24, 2.45) is 0 Å². The Morgan fingerprint density at radius 1 is 0.871 bits per heavy atom. The molecule has 8 nitrogen and oxygen atoms in total. The van der Waals surface area contributed by atoms with Crippen LogP contribution >= 0.6 is 0 Å². The molecule has 2 aromatic carbocycles. The molecule has 0 unspecified atom stereocenters. The van der Waals surface area contributed by atoms with Crippen molar-refractivity contribution in [2.75, 3.05) is 57.4 Å². The molecule has 0 aliphatic rings. The summed E-state index contributed by atoms with van der Waals surface area (Å²) >= 11 is 0. The zero-order valence-corrected chi connectivity index (χ0v) is 18.1. The van der Waals surface area contributed by atoms with Gasteiger partial charge in [-0.25, -0.2) is 4.39 Å². The number of benzene rings is 2. The number of halogens is 1. The Morgan fingerprint density at radius 3 is 2.23 bits per heavy atom. The van der Waals surface area contributed by atoms with Crippen LogP contribution in [-0.4, -0.2) is 56.3 Å². The van der Waals surface area contributed by atoms with Crippen LogP contribution in [-0.2, 0) is 0 Å². The Labute approximate surface area is 181 Å². The molecule has 0 saturated heterocycles. The van der Waals surface area contributed by atoms with Crippen molar-refractivity contribution in [1.82, 2.24) is 14.9 Å². The number of anilines is 5. The van der Waals surface area contributed by atoms with Crippen molar-refractivity contribution in [2.45, 2.75) is 0 Å². The van der Waals surface area contributed by atoms with Gasteiger partial charge in [-0.2, -0.15) is 9.97 Å². The predicted molar refractivity (Wildman–Crippen MR) is 122 cm³/mol. The van der Waals surface area contributed by atoms with Crippen LogP contribution < -0.4 is 25.4 Å². The van der Waals surface area contributed by atoms with Crippen molar-refractivity contribution in [1.29, 1.82) is 0 Å². The average Bonchev–Trinajstić information content (AvgIpc) is 2.74. The molecule has 0 saturated carbocycles. The van der Waals surface area contributed by atoms with Crippen LogP contribution in [0.4, 0.5) is 33.3 Å². The number of ether oxygens (including phenoxy) is 2. The van der Waals surface area contributed by atoms with Crippen molar-refractivity contribution in [3.63, 3.8) is 0 Å². The lowest BCUT2D eigenvalue weighted by atomic mass is 10.3. The lowest BCUT2D eigenvalue weighted by Crippen LogP contribution is -2.21. The number of nitrogens with zero attached hydrogens (tertiary/aromatic N) is 3. The van der Waals surface area contributed by atoms with Gasteiger partial charge in [-0.1, -0.05) is 0 Å². The minimum Gasteiger partial charge on any atom is -0.497 e. The summed E-state index contributed by atoms with van der Waals surface area (Å²) in [6, 6.07) is 13.9. The summed E-state index contributed by atoms with van der Waals surface area (Å²) < 4.78 is 24.2. The molecule has 1 aromatic heterocycles. The lowest BCUT2D eigenvalue weighted by molar-refractivity contribution is 0.386. The van der Waals surface area contributed by atoms with Gasteiger partial charge in [-0.05, 0) is 50.5 Å². The van der Waals surface area contributed by atoms with E-state index in [4.69, 9.17) is 9.47 Å². The van der Waals surface area contributed by atoms with E-state index in [2.05, 4.69) is 30.8 Å². The van der Waals surface area contributed by atoms with Gasteiger partial charge in [0.05, 0.1) is 14.2 Å². The molecular weight excluding hydrogens is 399 g/mol. The molecule has 0 radical (unpaired) electrons. The number of aromatic nitrogens is 2. The third-order valence-corrected chi connectivity index (χ3v) is 4.36. The van der Waals surface area contributed by atoms with Gasteiger partial charge in [0.15, 0.2) is 11.6 Å². The highest BCUT2D eigenvalue weighted by atomic mass is 19.1. The molecule has 0 spiro atoms. The minimum atomic E-state index is -0.456. The maximum absolute atomic E-state index is 14.1. The predicted octanol–water partition coefficient (Wildman–Crippen LogP) is 4.09. The van der Waals surface area contributed by atoms with E-state index in [0.717, 1.165) is 18.0 Å². The molecule has 31 heavy (non-hydrogen) atoms. The molecule has 0 aliphatic carbocycles. The van der Waals surface area contributed by atoms with Gasteiger partial charge in [-0.3, -0.25) is 0 Å². The second-order valence-electron chi connectivity index (χ2n) is 7.02. The molecule has 3 rings (SSSR count). The van der Waals surface area contributed by atoms with E-state index in [1.54, 1.807) is 25.3 Å². The molecule has 9 heteroatoms. The molecule has 3 N–H and O–H groups in total. The first kappa shape index (κ1) is 22.1. The number of methoxy groups -OCH3 is 2. The van der Waals surface area contributed by atoms with Crippen molar-refractivity contribution < 1.29 is 13.9 Å². The number of hydrogen-bond acceptors (Lipinski definition) is 8. The second kappa shape index (κ2) is 10.4. The highest BCUT2D eigenvalue weighted by molar-refractivity contribution is 5.64. The molecule has 0 atom stereocenters. The molecule has 0 amide bonds. The summed E-state index contributed by atoms with van der Waals surface area (Å²) in [4.78, 5) is 11.1. The van der Waals surface area contributed by atoms with Crippen LogP contribution in [0.15, 0.2) is 48.5 Å². The minimum absolute atomic E-state index is 0.182. The summed E-state index contributed by atoms with van der Waals surface area (Å²) in [5.74, 6) is 2.04. The quantitative estimate of drug-likeness (QED) is 0.447. The molecular formula is C22H27FN6O2. The highest BCUT2D eigenvalue weighted by Crippen LogP contribution is 2.25. The van der Waals surface area contributed by atoms with Crippen LogP contribution in [0.5, 0.6) is 11.5 Å². The fourth-order valence-electron chi connectivity index (χ4n) is 2.76. The molecule has 3 aromatic rings. The standard InChI is InChI=1S/C22H27FN6O2/c1-29(2)12-11-24-20-14-21(25-16-7-10-19(31-4)18(23)13-16)28-22(27-20)26-15-5-8-17(30-3)9-6-15/h5-10,13-14H,11-12H2,1-4H3,(H3,24,25,26,27,28). The van der Waals surface area contributed by atoms with E-state index in [-0.39, 0.29) is 5.75 Å². The zero-order valence-electron chi connectivity index (χ0n) is 18.1. The summed E-state index contributed by atoms with van der Waals surface area (Å²) in [5.41, 5.74) is 1.36.